The highest BCUT2D eigenvalue weighted by Gasteiger charge is 2.10. The summed E-state index contributed by atoms with van der Waals surface area (Å²) in [5.41, 5.74) is 0. The van der Waals surface area contributed by atoms with Crippen LogP contribution >= 0.6 is 24.4 Å². The summed E-state index contributed by atoms with van der Waals surface area (Å²) in [6.07, 6.45) is 9.46. The first-order valence-electron chi connectivity index (χ1n) is 11.3. The van der Waals surface area contributed by atoms with Crippen molar-refractivity contribution in [2.75, 3.05) is 52.6 Å². The van der Waals surface area contributed by atoms with Crippen LogP contribution in [0.25, 0.3) is 0 Å². The molecule has 0 fully saturated rings. The predicted molar refractivity (Wildman–Crippen MR) is 130 cm³/mol. The first-order valence-corrected chi connectivity index (χ1v) is 12.1. The molecular formula is C22H44N2O2S2. The summed E-state index contributed by atoms with van der Waals surface area (Å²) in [4.78, 5) is 6.44. The third kappa shape index (κ3) is 14.7. The van der Waals surface area contributed by atoms with E-state index in [1.54, 1.807) is 0 Å². The van der Waals surface area contributed by atoms with Gasteiger partial charge in [-0.2, -0.15) is 0 Å². The van der Waals surface area contributed by atoms with Crippen molar-refractivity contribution in [2.24, 2.45) is 0 Å². The first-order chi connectivity index (χ1) is 13.6. The van der Waals surface area contributed by atoms with Gasteiger partial charge in [0.2, 0.25) is 0 Å². The van der Waals surface area contributed by atoms with Gasteiger partial charge < -0.3 is 19.3 Å². The standard InChI is InChI=1S/C22H44N2O2S2/c1-5-9-13-23(14-10-6-2)21(27)19-25-17-18-26-20-22(28)24(15-11-7-3)16-12-8-4/h5-20H2,1-4H3. The van der Waals surface area contributed by atoms with Crippen molar-refractivity contribution in [2.45, 2.75) is 79.1 Å². The fourth-order valence-electron chi connectivity index (χ4n) is 2.74. The van der Waals surface area contributed by atoms with Gasteiger partial charge in [0.15, 0.2) is 0 Å². The Hall–Kier alpha value is -0.300. The van der Waals surface area contributed by atoms with Crippen molar-refractivity contribution in [3.05, 3.63) is 0 Å². The Morgan fingerprint density at radius 3 is 1.11 bits per heavy atom. The van der Waals surface area contributed by atoms with E-state index in [1.807, 2.05) is 0 Å². The Morgan fingerprint density at radius 2 is 0.857 bits per heavy atom. The predicted octanol–water partition coefficient (Wildman–Crippen LogP) is 5.48. The molecule has 0 spiro atoms. The van der Waals surface area contributed by atoms with E-state index in [-0.39, 0.29) is 0 Å². The zero-order chi connectivity index (χ0) is 21.0. The minimum absolute atomic E-state index is 0.510. The normalized spacial score (nSPS) is 10.9. The highest BCUT2D eigenvalue weighted by molar-refractivity contribution is 7.80. The maximum absolute atomic E-state index is 5.74. The number of hydrogen-bond donors (Lipinski definition) is 0. The molecule has 0 amide bonds. The van der Waals surface area contributed by atoms with Crippen molar-refractivity contribution in [3.63, 3.8) is 0 Å². The molecule has 6 heteroatoms. The molecule has 0 unspecified atom stereocenters. The fourth-order valence-corrected chi connectivity index (χ4v) is 3.27. The van der Waals surface area contributed by atoms with Crippen LogP contribution in [0, 0.1) is 0 Å². The van der Waals surface area contributed by atoms with E-state index >= 15 is 0 Å². The van der Waals surface area contributed by atoms with Crippen LogP contribution in [-0.4, -0.2) is 72.4 Å². The molecule has 4 nitrogen and oxygen atoms in total. The van der Waals surface area contributed by atoms with Gasteiger partial charge in [-0.05, 0) is 25.7 Å². The van der Waals surface area contributed by atoms with Crippen LogP contribution in [0.2, 0.25) is 0 Å². The molecule has 0 aliphatic rings. The quantitative estimate of drug-likeness (QED) is 0.198. The Morgan fingerprint density at radius 1 is 0.571 bits per heavy atom. The molecule has 0 aromatic carbocycles. The highest BCUT2D eigenvalue weighted by atomic mass is 32.1. The van der Waals surface area contributed by atoms with Crippen molar-refractivity contribution < 1.29 is 9.47 Å². The van der Waals surface area contributed by atoms with Crippen LogP contribution < -0.4 is 0 Å². The van der Waals surface area contributed by atoms with Crippen LogP contribution in [0.15, 0.2) is 0 Å². The van der Waals surface area contributed by atoms with Crippen LogP contribution in [0.3, 0.4) is 0 Å². The summed E-state index contributed by atoms with van der Waals surface area (Å²) in [5, 5.41) is 0. The summed E-state index contributed by atoms with van der Waals surface area (Å²) in [7, 11) is 0. The Balaban J connectivity index is 4.02. The lowest BCUT2D eigenvalue weighted by Gasteiger charge is -2.25. The summed E-state index contributed by atoms with van der Waals surface area (Å²) < 4.78 is 11.5. The van der Waals surface area contributed by atoms with Gasteiger partial charge >= 0.3 is 0 Å². The summed E-state index contributed by atoms with van der Waals surface area (Å²) >= 11 is 11.1. The Kier molecular flexibility index (Phi) is 19.8. The SMILES string of the molecule is CCCCN(CCCC)C(=S)COCCOCC(=S)N(CCCC)CCCC. The van der Waals surface area contributed by atoms with Crippen molar-refractivity contribution in [1.82, 2.24) is 9.80 Å². The van der Waals surface area contributed by atoms with Gasteiger partial charge in [0.1, 0.15) is 9.98 Å². The molecule has 28 heavy (non-hydrogen) atoms. The van der Waals surface area contributed by atoms with E-state index in [4.69, 9.17) is 33.9 Å². The molecule has 0 saturated carbocycles. The van der Waals surface area contributed by atoms with Crippen LogP contribution in [-0.2, 0) is 9.47 Å². The topological polar surface area (TPSA) is 24.9 Å². The number of thiocarbonyl (C=S) groups is 2. The molecule has 0 aromatic rings. The molecule has 0 aliphatic carbocycles. The lowest BCUT2D eigenvalue weighted by Crippen LogP contribution is -2.35. The average molecular weight is 433 g/mol. The van der Waals surface area contributed by atoms with Gasteiger partial charge in [-0.15, -0.1) is 0 Å². The van der Waals surface area contributed by atoms with Crippen molar-refractivity contribution in [3.8, 4) is 0 Å². The monoisotopic (exact) mass is 432 g/mol. The molecule has 0 saturated heterocycles. The van der Waals surface area contributed by atoms with Gasteiger partial charge in [-0.25, -0.2) is 0 Å². The maximum atomic E-state index is 5.74. The maximum Gasteiger partial charge on any atom is 0.104 e. The Labute approximate surface area is 185 Å². The molecule has 0 bridgehead atoms. The molecule has 166 valence electrons. The van der Waals surface area contributed by atoms with E-state index in [0.29, 0.717) is 26.4 Å². The lowest BCUT2D eigenvalue weighted by molar-refractivity contribution is 0.0746. The van der Waals surface area contributed by atoms with Gasteiger partial charge in [0.05, 0.1) is 26.4 Å². The second-order valence-corrected chi connectivity index (χ2v) is 8.22. The molecular weight excluding hydrogens is 388 g/mol. The summed E-state index contributed by atoms with van der Waals surface area (Å²) in [6, 6.07) is 0. The molecule has 0 heterocycles. The number of hydrogen-bond acceptors (Lipinski definition) is 4. The van der Waals surface area contributed by atoms with E-state index in [2.05, 4.69) is 37.5 Å². The third-order valence-corrected chi connectivity index (χ3v) is 5.41. The van der Waals surface area contributed by atoms with E-state index in [9.17, 15) is 0 Å². The zero-order valence-electron chi connectivity index (χ0n) is 18.8. The Bertz CT molecular complexity index is 343. The zero-order valence-corrected chi connectivity index (χ0v) is 20.5. The molecule has 0 N–H and O–H groups in total. The first kappa shape index (κ1) is 27.7. The van der Waals surface area contributed by atoms with Crippen LogP contribution in [0.5, 0.6) is 0 Å². The molecule has 0 aliphatic heterocycles. The minimum atomic E-state index is 0.510. The van der Waals surface area contributed by atoms with Gasteiger partial charge in [0, 0.05) is 26.2 Å². The lowest BCUT2D eigenvalue weighted by atomic mass is 10.2. The van der Waals surface area contributed by atoms with E-state index < -0.39 is 0 Å². The van der Waals surface area contributed by atoms with E-state index in [1.165, 1.54) is 51.4 Å². The summed E-state index contributed by atoms with van der Waals surface area (Å²) in [6.45, 7) is 15.1. The van der Waals surface area contributed by atoms with Gasteiger partial charge in [-0.3, -0.25) is 0 Å². The fraction of sp³-hybridized carbons (Fsp3) is 0.909. The number of ether oxygens (including phenoxy) is 2. The second-order valence-electron chi connectivity index (χ2n) is 7.28. The molecule has 0 rings (SSSR count). The minimum Gasteiger partial charge on any atom is -0.372 e. The van der Waals surface area contributed by atoms with Crippen LogP contribution in [0.4, 0.5) is 0 Å². The number of nitrogens with zero attached hydrogens (tertiary/aromatic N) is 2. The van der Waals surface area contributed by atoms with E-state index in [0.717, 1.165) is 36.2 Å². The molecule has 0 radical (unpaired) electrons. The van der Waals surface area contributed by atoms with Gasteiger partial charge in [0.25, 0.3) is 0 Å². The second kappa shape index (κ2) is 20.0. The summed E-state index contributed by atoms with van der Waals surface area (Å²) in [5.74, 6) is 0. The highest BCUT2D eigenvalue weighted by Crippen LogP contribution is 2.03. The van der Waals surface area contributed by atoms with Gasteiger partial charge in [-0.1, -0.05) is 77.8 Å². The van der Waals surface area contributed by atoms with Crippen molar-refractivity contribution in [1.29, 1.82) is 0 Å². The molecule has 0 atom stereocenters. The smallest absolute Gasteiger partial charge is 0.104 e. The van der Waals surface area contributed by atoms with Crippen molar-refractivity contribution >= 4 is 34.4 Å². The third-order valence-electron chi connectivity index (χ3n) is 4.65. The largest absolute Gasteiger partial charge is 0.372 e. The number of unbranched alkanes of at least 4 members (excludes halogenated alkanes) is 4. The number of rotatable bonds is 19. The van der Waals surface area contributed by atoms with Crippen LogP contribution in [0.1, 0.15) is 79.1 Å². The average Bonchev–Trinajstić information content (AvgIpc) is 2.70. The molecule has 0 aromatic heterocycles.